The van der Waals surface area contributed by atoms with Gasteiger partial charge in [-0.3, -0.25) is 9.59 Å². The van der Waals surface area contributed by atoms with Gasteiger partial charge in [0.15, 0.2) is 0 Å². The molecule has 0 spiro atoms. The van der Waals surface area contributed by atoms with Gasteiger partial charge in [0.2, 0.25) is 11.8 Å². The van der Waals surface area contributed by atoms with Crippen LogP contribution in [0.2, 0.25) is 0 Å². The minimum Gasteiger partial charge on any atom is -0.508 e. The number of carbonyl (C=O) groups is 2. The Labute approximate surface area is 220 Å². The van der Waals surface area contributed by atoms with Crippen molar-refractivity contribution in [3.8, 4) is 5.75 Å². The van der Waals surface area contributed by atoms with E-state index in [2.05, 4.69) is 21.2 Å². The minimum absolute atomic E-state index is 0.00575. The van der Waals surface area contributed by atoms with Crippen LogP contribution < -0.4 is 5.32 Å². The second kappa shape index (κ2) is 10.5. The molecule has 0 radical (unpaired) electrons. The van der Waals surface area contributed by atoms with E-state index in [1.807, 2.05) is 71.6 Å². The quantitative estimate of drug-likeness (QED) is 0.350. The maximum absolute atomic E-state index is 13.9. The van der Waals surface area contributed by atoms with Crippen LogP contribution in [0.15, 0.2) is 83.3 Å². The van der Waals surface area contributed by atoms with Crippen molar-refractivity contribution in [3.05, 3.63) is 100 Å². The molecule has 2 amide bonds. The van der Waals surface area contributed by atoms with Gasteiger partial charge >= 0.3 is 0 Å². The van der Waals surface area contributed by atoms with Crippen molar-refractivity contribution in [2.24, 2.45) is 5.92 Å². The van der Waals surface area contributed by atoms with Crippen LogP contribution in [0.1, 0.15) is 54.8 Å². The van der Waals surface area contributed by atoms with Crippen molar-refractivity contribution in [2.75, 3.05) is 0 Å². The third-order valence-corrected chi connectivity index (χ3v) is 8.23. The van der Waals surface area contributed by atoms with Crippen LogP contribution in [0.3, 0.4) is 0 Å². The molecule has 6 rings (SSSR count). The number of phenols is 1. The molecular formula is C30H31BrN2O3. The van der Waals surface area contributed by atoms with Gasteiger partial charge in [0.1, 0.15) is 11.8 Å². The second-order valence-corrected chi connectivity index (χ2v) is 11.0. The molecule has 5 nitrogen and oxygen atoms in total. The summed E-state index contributed by atoms with van der Waals surface area (Å²) in [4.78, 5) is 29.7. The van der Waals surface area contributed by atoms with Gasteiger partial charge in [-0.1, -0.05) is 70.5 Å². The number of aromatic hydroxyl groups is 1. The summed E-state index contributed by atoms with van der Waals surface area (Å²) >= 11 is 3.50. The van der Waals surface area contributed by atoms with Gasteiger partial charge in [0.05, 0.1) is 0 Å². The van der Waals surface area contributed by atoms with E-state index in [9.17, 15) is 14.7 Å². The van der Waals surface area contributed by atoms with Gasteiger partial charge in [-0.25, -0.2) is 0 Å². The monoisotopic (exact) mass is 546 g/mol. The largest absolute Gasteiger partial charge is 0.508 e. The maximum Gasteiger partial charge on any atom is 0.247 e. The first kappa shape index (κ1) is 24.6. The molecule has 3 aliphatic rings. The molecule has 186 valence electrons. The van der Waals surface area contributed by atoms with E-state index in [4.69, 9.17) is 0 Å². The van der Waals surface area contributed by atoms with Gasteiger partial charge in [-0.2, -0.15) is 0 Å². The van der Waals surface area contributed by atoms with E-state index in [1.54, 1.807) is 12.1 Å². The van der Waals surface area contributed by atoms with E-state index in [0.29, 0.717) is 25.3 Å². The third kappa shape index (κ3) is 5.19. The van der Waals surface area contributed by atoms with E-state index in [0.717, 1.165) is 46.8 Å². The van der Waals surface area contributed by atoms with Crippen molar-refractivity contribution in [1.29, 1.82) is 0 Å². The Morgan fingerprint density at radius 3 is 2.31 bits per heavy atom. The molecule has 0 heterocycles. The molecule has 1 atom stereocenters. The number of nitrogens with zero attached hydrogens (tertiary/aromatic N) is 1. The van der Waals surface area contributed by atoms with E-state index >= 15 is 0 Å². The number of carbonyl (C=O) groups excluding carboxylic acids is 2. The van der Waals surface area contributed by atoms with Crippen LogP contribution in [-0.2, 0) is 22.6 Å². The Bertz CT molecular complexity index is 1200. The molecule has 0 aromatic heterocycles. The van der Waals surface area contributed by atoms with Crippen molar-refractivity contribution in [2.45, 2.75) is 56.7 Å². The number of hydrogen-bond acceptors (Lipinski definition) is 3. The summed E-state index contributed by atoms with van der Waals surface area (Å²) in [5, 5.41) is 12.7. The number of rotatable bonds is 9. The molecule has 3 saturated carbocycles. The number of halogens is 1. The highest BCUT2D eigenvalue weighted by Gasteiger charge is 2.57. The molecular weight excluding hydrogens is 516 g/mol. The first-order valence-corrected chi connectivity index (χ1v) is 13.4. The lowest BCUT2D eigenvalue weighted by atomic mass is 9.74. The molecule has 0 aliphatic heterocycles. The summed E-state index contributed by atoms with van der Waals surface area (Å²) in [5.74, 6) is 0.716. The van der Waals surface area contributed by atoms with Crippen LogP contribution in [-0.4, -0.2) is 27.4 Å². The van der Waals surface area contributed by atoms with Crippen LogP contribution in [0.4, 0.5) is 0 Å². The molecule has 6 heteroatoms. The first-order chi connectivity index (χ1) is 17.4. The summed E-state index contributed by atoms with van der Waals surface area (Å²) in [6, 6.07) is 23.9. The fourth-order valence-corrected chi connectivity index (χ4v) is 6.14. The fraction of sp³-hybridized carbons (Fsp3) is 0.333. The number of benzene rings is 3. The molecule has 1 unspecified atom stereocenters. The van der Waals surface area contributed by atoms with Crippen molar-refractivity contribution < 1.29 is 14.7 Å². The summed E-state index contributed by atoms with van der Waals surface area (Å²) < 4.78 is 0.933. The van der Waals surface area contributed by atoms with Gasteiger partial charge in [-0.15, -0.1) is 0 Å². The molecule has 2 N–H and O–H groups in total. The number of phenolic OH excluding ortho intramolecular Hbond substituents is 1. The highest BCUT2D eigenvalue weighted by atomic mass is 79.9. The molecule has 3 aromatic carbocycles. The third-order valence-electron chi connectivity index (χ3n) is 7.70. The van der Waals surface area contributed by atoms with Crippen molar-refractivity contribution in [3.63, 3.8) is 0 Å². The second-order valence-electron chi connectivity index (χ2n) is 10.1. The highest BCUT2D eigenvalue weighted by molar-refractivity contribution is 9.10. The molecule has 3 aromatic rings. The number of aryl methyl sites for hydroxylation is 1. The Balaban J connectivity index is 1.44. The number of hydrogen-bond donors (Lipinski definition) is 2. The lowest BCUT2D eigenvalue weighted by Gasteiger charge is -2.51. The number of amides is 2. The molecule has 0 saturated heterocycles. The Kier molecular flexibility index (Phi) is 7.15. The zero-order valence-electron chi connectivity index (χ0n) is 20.2. The predicted octanol–water partition coefficient (Wildman–Crippen LogP) is 5.92. The lowest BCUT2D eigenvalue weighted by Crippen LogP contribution is -2.58. The van der Waals surface area contributed by atoms with Crippen LogP contribution >= 0.6 is 15.9 Å². The molecule has 36 heavy (non-hydrogen) atoms. The summed E-state index contributed by atoms with van der Waals surface area (Å²) in [7, 11) is 0. The van der Waals surface area contributed by atoms with E-state index < -0.39 is 6.04 Å². The zero-order valence-corrected chi connectivity index (χ0v) is 21.8. The number of nitrogens with one attached hydrogen (secondary N) is 1. The average molecular weight is 547 g/mol. The standard InChI is InChI=1S/C30H31BrN2O3/c31-25-11-9-24(10-12-25)28(29(36)32-20-22-4-2-1-3-5-22)33(30-17-16-23(18-30)19-30)27(35)15-8-21-6-13-26(34)14-7-21/h1-7,9-14,23,28,34H,8,15-20H2,(H,32,36). The molecule has 3 aliphatic carbocycles. The Morgan fingerprint density at radius 2 is 1.67 bits per heavy atom. The van der Waals surface area contributed by atoms with E-state index in [1.165, 1.54) is 0 Å². The lowest BCUT2D eigenvalue weighted by molar-refractivity contribution is -0.152. The SMILES string of the molecule is O=C(NCc1ccccc1)C(c1ccc(Br)cc1)N(C(=O)CCc1ccc(O)cc1)C12CCC(C1)C2. The smallest absolute Gasteiger partial charge is 0.247 e. The summed E-state index contributed by atoms with van der Waals surface area (Å²) in [6.07, 6.45) is 4.87. The summed E-state index contributed by atoms with van der Waals surface area (Å²) in [6.45, 7) is 0.415. The van der Waals surface area contributed by atoms with Crippen molar-refractivity contribution >= 4 is 27.7 Å². The van der Waals surface area contributed by atoms with E-state index in [-0.39, 0.29) is 23.1 Å². The zero-order chi connectivity index (χ0) is 25.1. The Hall–Kier alpha value is -3.12. The van der Waals surface area contributed by atoms with Gasteiger partial charge in [0.25, 0.3) is 0 Å². The van der Waals surface area contributed by atoms with Crippen LogP contribution in [0, 0.1) is 5.92 Å². The van der Waals surface area contributed by atoms with Gasteiger partial charge in [-0.05, 0) is 79.0 Å². The average Bonchev–Trinajstić information content (AvgIpc) is 3.49. The van der Waals surface area contributed by atoms with Crippen molar-refractivity contribution in [1.82, 2.24) is 10.2 Å². The first-order valence-electron chi connectivity index (χ1n) is 12.6. The highest BCUT2D eigenvalue weighted by Crippen LogP contribution is 2.57. The predicted molar refractivity (Wildman–Crippen MR) is 143 cm³/mol. The van der Waals surface area contributed by atoms with Gasteiger partial charge < -0.3 is 15.3 Å². The van der Waals surface area contributed by atoms with Crippen LogP contribution in [0.5, 0.6) is 5.75 Å². The fourth-order valence-electron chi connectivity index (χ4n) is 5.87. The molecule has 2 bridgehead atoms. The summed E-state index contributed by atoms with van der Waals surface area (Å²) in [5.41, 5.74) is 2.59. The maximum atomic E-state index is 13.9. The topological polar surface area (TPSA) is 69.6 Å². The molecule has 3 fully saturated rings. The van der Waals surface area contributed by atoms with Gasteiger partial charge in [0, 0.05) is 23.0 Å². The van der Waals surface area contributed by atoms with Crippen LogP contribution in [0.25, 0.3) is 0 Å². The number of fused-ring (bicyclic) bond motifs is 1. The minimum atomic E-state index is -0.687. The Morgan fingerprint density at radius 1 is 0.972 bits per heavy atom. The normalized spacial score (nSPS) is 20.9.